The predicted molar refractivity (Wildman–Crippen MR) is 59.0 cm³/mol. The van der Waals surface area contributed by atoms with Gasteiger partial charge in [-0.2, -0.15) is 0 Å². The summed E-state index contributed by atoms with van der Waals surface area (Å²) in [7, 11) is 0. The molecule has 0 unspecified atom stereocenters. The smallest absolute Gasteiger partial charge is 0.410 e. The topological polar surface area (TPSA) is 75.8 Å². The summed E-state index contributed by atoms with van der Waals surface area (Å²) >= 11 is 0. The van der Waals surface area contributed by atoms with E-state index in [1.807, 2.05) is 0 Å². The lowest BCUT2D eigenvalue weighted by molar-refractivity contribution is 0.0270. The van der Waals surface area contributed by atoms with Crippen molar-refractivity contribution in [2.45, 2.75) is 38.5 Å². The van der Waals surface area contributed by atoms with Crippen LogP contribution in [0.15, 0.2) is 0 Å². The fourth-order valence-corrected chi connectivity index (χ4v) is 1.29. The summed E-state index contributed by atoms with van der Waals surface area (Å²) in [6.07, 6.45) is -1.05. The van der Waals surface area contributed by atoms with Gasteiger partial charge in [-0.25, -0.2) is 4.79 Å². The van der Waals surface area contributed by atoms with Crippen molar-refractivity contribution < 1.29 is 14.6 Å². The molecule has 1 saturated heterocycles. The van der Waals surface area contributed by atoms with Gasteiger partial charge in [0, 0.05) is 6.54 Å². The van der Waals surface area contributed by atoms with E-state index in [1.54, 1.807) is 20.8 Å². The Morgan fingerprint density at radius 3 is 2.33 bits per heavy atom. The molecule has 0 aliphatic carbocycles. The fourth-order valence-electron chi connectivity index (χ4n) is 1.29. The number of aliphatic hydroxyl groups excluding tert-OH is 1. The number of ether oxygens (including phenoxy) is 1. The molecule has 1 amide bonds. The number of aliphatic hydroxyl groups is 1. The summed E-state index contributed by atoms with van der Waals surface area (Å²) in [5, 5.41) is 9.34. The number of carbonyl (C=O) groups is 1. The van der Waals surface area contributed by atoms with E-state index in [2.05, 4.69) is 0 Å². The maximum atomic E-state index is 11.5. The summed E-state index contributed by atoms with van der Waals surface area (Å²) in [5.41, 5.74) is 5.07. The van der Waals surface area contributed by atoms with Crippen LogP contribution in [0.1, 0.15) is 20.8 Å². The molecule has 0 radical (unpaired) electrons. The van der Waals surface area contributed by atoms with Crippen LogP contribution in [0.2, 0.25) is 0 Å². The normalized spacial score (nSPS) is 26.1. The summed E-state index contributed by atoms with van der Waals surface area (Å²) < 4.78 is 5.14. The van der Waals surface area contributed by atoms with Crippen LogP contribution in [0.5, 0.6) is 0 Å². The van der Waals surface area contributed by atoms with Gasteiger partial charge in [0.15, 0.2) is 0 Å². The van der Waals surface area contributed by atoms with E-state index < -0.39 is 17.8 Å². The number of halogens is 1. The highest BCUT2D eigenvalue weighted by atomic mass is 35.5. The molecule has 15 heavy (non-hydrogen) atoms. The zero-order chi connectivity index (χ0) is 10.9. The van der Waals surface area contributed by atoms with Crippen molar-refractivity contribution >= 4 is 18.5 Å². The molecule has 0 saturated carbocycles. The molecule has 1 fully saturated rings. The van der Waals surface area contributed by atoms with E-state index in [0.29, 0.717) is 6.54 Å². The van der Waals surface area contributed by atoms with Crippen molar-refractivity contribution in [3.8, 4) is 0 Å². The van der Waals surface area contributed by atoms with Crippen molar-refractivity contribution in [3.05, 3.63) is 0 Å². The van der Waals surface area contributed by atoms with E-state index in [-0.39, 0.29) is 25.0 Å². The molecule has 0 aromatic rings. The molecule has 90 valence electrons. The summed E-state index contributed by atoms with van der Waals surface area (Å²) in [6, 6.07) is -0.359. The lowest BCUT2D eigenvalue weighted by Crippen LogP contribution is -2.36. The summed E-state index contributed by atoms with van der Waals surface area (Å²) in [5.74, 6) is 0. The minimum absolute atomic E-state index is 0. The Morgan fingerprint density at radius 1 is 1.47 bits per heavy atom. The quantitative estimate of drug-likeness (QED) is 0.639. The number of carbonyl (C=O) groups excluding carboxylic acids is 1. The lowest BCUT2D eigenvalue weighted by atomic mass is 10.2. The third-order valence-corrected chi connectivity index (χ3v) is 1.98. The first-order valence-electron chi connectivity index (χ1n) is 4.71. The van der Waals surface area contributed by atoms with Gasteiger partial charge in [0.1, 0.15) is 5.60 Å². The lowest BCUT2D eigenvalue weighted by Gasteiger charge is -2.24. The molecule has 6 heteroatoms. The van der Waals surface area contributed by atoms with Gasteiger partial charge in [0.05, 0.1) is 18.7 Å². The number of β-amino-alcohol motifs (C(OH)–C–C–N with tert-alkyl or cyclic N) is 1. The number of nitrogens with two attached hydrogens (primary N) is 1. The molecule has 0 spiro atoms. The Labute approximate surface area is 96.0 Å². The highest BCUT2D eigenvalue weighted by Crippen LogP contribution is 2.14. The van der Waals surface area contributed by atoms with Crippen LogP contribution in [0, 0.1) is 0 Å². The van der Waals surface area contributed by atoms with E-state index in [4.69, 9.17) is 10.5 Å². The third kappa shape index (κ3) is 4.24. The van der Waals surface area contributed by atoms with Crippen molar-refractivity contribution in [1.29, 1.82) is 0 Å². The monoisotopic (exact) mass is 238 g/mol. The molecule has 2 atom stereocenters. The van der Waals surface area contributed by atoms with Crippen LogP contribution in [0.25, 0.3) is 0 Å². The first-order chi connectivity index (χ1) is 6.29. The van der Waals surface area contributed by atoms with Gasteiger partial charge < -0.3 is 20.5 Å². The van der Waals surface area contributed by atoms with Gasteiger partial charge >= 0.3 is 6.09 Å². The highest BCUT2D eigenvalue weighted by molar-refractivity contribution is 5.85. The molecule has 1 aliphatic rings. The van der Waals surface area contributed by atoms with Crippen molar-refractivity contribution in [2.24, 2.45) is 5.73 Å². The zero-order valence-electron chi connectivity index (χ0n) is 9.27. The Morgan fingerprint density at radius 2 is 2.00 bits per heavy atom. The second-order valence-corrected chi connectivity index (χ2v) is 4.62. The number of hydrogen-bond donors (Lipinski definition) is 2. The van der Waals surface area contributed by atoms with Crippen LogP contribution in [0.4, 0.5) is 4.79 Å². The van der Waals surface area contributed by atoms with Crippen LogP contribution < -0.4 is 5.73 Å². The number of nitrogens with zero attached hydrogens (tertiary/aromatic N) is 1. The summed E-state index contributed by atoms with van der Waals surface area (Å²) in [4.78, 5) is 12.9. The average molecular weight is 239 g/mol. The molecule has 5 nitrogen and oxygen atoms in total. The van der Waals surface area contributed by atoms with E-state index in [9.17, 15) is 9.90 Å². The van der Waals surface area contributed by atoms with E-state index in [1.165, 1.54) is 4.90 Å². The number of likely N-dealkylation sites (tertiary alicyclic amines) is 1. The van der Waals surface area contributed by atoms with E-state index in [0.717, 1.165) is 0 Å². The predicted octanol–water partition coefficient (Wildman–Crippen LogP) is 0.347. The summed E-state index contributed by atoms with van der Waals surface area (Å²) in [6.45, 7) is 6.03. The third-order valence-electron chi connectivity index (χ3n) is 1.98. The highest BCUT2D eigenvalue weighted by Gasteiger charge is 2.33. The van der Waals surface area contributed by atoms with Gasteiger partial charge in [-0.1, -0.05) is 0 Å². The van der Waals surface area contributed by atoms with E-state index >= 15 is 0 Å². The second kappa shape index (κ2) is 5.01. The molecule has 1 heterocycles. The fraction of sp³-hybridized carbons (Fsp3) is 0.889. The average Bonchev–Trinajstić information content (AvgIpc) is 2.28. The standard InChI is InChI=1S/C9H18N2O3.ClH/c1-9(2,3)14-8(13)11-4-6(10)7(12)5-11;/h6-7,12H,4-5,10H2,1-3H3;1H/t6-,7+;/m1./s1. The molecule has 3 N–H and O–H groups in total. The molecule has 1 aliphatic heterocycles. The molecule has 0 aromatic carbocycles. The molecule has 0 aromatic heterocycles. The molecule has 0 bridgehead atoms. The number of rotatable bonds is 0. The molecular weight excluding hydrogens is 220 g/mol. The Balaban J connectivity index is 0.00000196. The minimum atomic E-state index is -0.637. The zero-order valence-corrected chi connectivity index (χ0v) is 10.1. The van der Waals surface area contributed by atoms with Gasteiger partial charge in [0.25, 0.3) is 0 Å². The van der Waals surface area contributed by atoms with Crippen molar-refractivity contribution in [1.82, 2.24) is 4.90 Å². The van der Waals surface area contributed by atoms with Gasteiger partial charge in [-0.05, 0) is 20.8 Å². The Bertz CT molecular complexity index is 220. The molecule has 1 rings (SSSR count). The van der Waals surface area contributed by atoms with Gasteiger partial charge in [-0.15, -0.1) is 12.4 Å². The van der Waals surface area contributed by atoms with Crippen molar-refractivity contribution in [2.75, 3.05) is 13.1 Å². The number of amides is 1. The van der Waals surface area contributed by atoms with Gasteiger partial charge in [0.2, 0.25) is 0 Å². The van der Waals surface area contributed by atoms with Crippen LogP contribution >= 0.6 is 12.4 Å². The first-order valence-corrected chi connectivity index (χ1v) is 4.71. The Kier molecular flexibility index (Phi) is 4.83. The number of hydrogen-bond acceptors (Lipinski definition) is 4. The maximum absolute atomic E-state index is 11.5. The maximum Gasteiger partial charge on any atom is 0.410 e. The first kappa shape index (κ1) is 14.5. The SMILES string of the molecule is CC(C)(C)OC(=O)N1C[C@@H](N)[C@@H](O)C1.Cl. The second-order valence-electron chi connectivity index (χ2n) is 4.62. The molecular formula is C9H19ClN2O3. The van der Waals surface area contributed by atoms with Crippen LogP contribution in [-0.2, 0) is 4.74 Å². The van der Waals surface area contributed by atoms with Crippen LogP contribution in [0.3, 0.4) is 0 Å². The van der Waals surface area contributed by atoms with Gasteiger partial charge in [-0.3, -0.25) is 0 Å². The minimum Gasteiger partial charge on any atom is -0.444 e. The van der Waals surface area contributed by atoms with Crippen LogP contribution in [-0.4, -0.2) is 46.9 Å². The Hall–Kier alpha value is -0.520. The van der Waals surface area contributed by atoms with Crippen molar-refractivity contribution in [3.63, 3.8) is 0 Å². The largest absolute Gasteiger partial charge is 0.444 e.